The lowest BCUT2D eigenvalue weighted by Gasteiger charge is -2.11. The van der Waals surface area contributed by atoms with Gasteiger partial charge >= 0.3 is 5.97 Å². The second-order valence-electron chi connectivity index (χ2n) is 3.63. The summed E-state index contributed by atoms with van der Waals surface area (Å²) in [6, 6.07) is 5.99. The van der Waals surface area contributed by atoms with Gasteiger partial charge in [-0.1, -0.05) is 6.07 Å². The van der Waals surface area contributed by atoms with Gasteiger partial charge in [0.15, 0.2) is 9.84 Å². The van der Waals surface area contributed by atoms with E-state index in [1.54, 1.807) is 12.1 Å². The lowest BCUT2D eigenvalue weighted by Crippen LogP contribution is -2.21. The smallest absolute Gasteiger partial charge is 0.304 e. The van der Waals surface area contributed by atoms with Crippen molar-refractivity contribution in [3.63, 3.8) is 0 Å². The van der Waals surface area contributed by atoms with Gasteiger partial charge in [-0.25, -0.2) is 8.42 Å². The number of sulfone groups is 1. The maximum absolute atomic E-state index is 12.0. The SMILES string of the molecule is COc1cccc(S(=O)(=O)C(C)CC(=O)O)c1. The first-order chi connectivity index (χ1) is 7.87. The summed E-state index contributed by atoms with van der Waals surface area (Å²) in [5.74, 6) is -0.711. The molecule has 0 aromatic heterocycles. The summed E-state index contributed by atoms with van der Waals surface area (Å²) in [6.45, 7) is 1.38. The lowest BCUT2D eigenvalue weighted by atomic mass is 10.3. The van der Waals surface area contributed by atoms with E-state index in [0.29, 0.717) is 5.75 Å². The van der Waals surface area contributed by atoms with Crippen LogP contribution in [0.4, 0.5) is 0 Å². The van der Waals surface area contributed by atoms with Crippen molar-refractivity contribution >= 4 is 15.8 Å². The molecule has 0 aliphatic heterocycles. The van der Waals surface area contributed by atoms with Crippen molar-refractivity contribution in [2.75, 3.05) is 7.11 Å². The van der Waals surface area contributed by atoms with Crippen LogP contribution in [0.5, 0.6) is 5.75 Å². The van der Waals surface area contributed by atoms with Gasteiger partial charge in [-0.2, -0.15) is 0 Å². The van der Waals surface area contributed by atoms with Crippen molar-refractivity contribution in [2.24, 2.45) is 0 Å². The summed E-state index contributed by atoms with van der Waals surface area (Å²) in [5.41, 5.74) is 0. The summed E-state index contributed by atoms with van der Waals surface area (Å²) >= 11 is 0. The number of carbonyl (C=O) groups is 1. The Morgan fingerprint density at radius 2 is 2.12 bits per heavy atom. The minimum atomic E-state index is -3.63. The van der Waals surface area contributed by atoms with E-state index >= 15 is 0 Å². The molecule has 1 rings (SSSR count). The summed E-state index contributed by atoms with van der Waals surface area (Å²) in [6.07, 6.45) is -0.417. The predicted octanol–water partition coefficient (Wildman–Crippen LogP) is 1.33. The number of benzene rings is 1. The number of carboxylic acid groups (broad SMARTS) is 1. The molecule has 0 aliphatic carbocycles. The number of rotatable bonds is 5. The van der Waals surface area contributed by atoms with Gasteiger partial charge in [-0.15, -0.1) is 0 Å². The molecule has 0 bridgehead atoms. The zero-order chi connectivity index (χ0) is 13.1. The van der Waals surface area contributed by atoms with Crippen molar-refractivity contribution in [1.29, 1.82) is 0 Å². The lowest BCUT2D eigenvalue weighted by molar-refractivity contribution is -0.136. The summed E-state index contributed by atoms with van der Waals surface area (Å²) in [5, 5.41) is 7.64. The average molecular weight is 258 g/mol. The van der Waals surface area contributed by atoms with Crippen molar-refractivity contribution in [1.82, 2.24) is 0 Å². The first kappa shape index (κ1) is 13.5. The largest absolute Gasteiger partial charge is 0.497 e. The Morgan fingerprint density at radius 1 is 1.47 bits per heavy atom. The van der Waals surface area contributed by atoms with Crippen molar-refractivity contribution in [3.8, 4) is 5.75 Å². The fourth-order valence-electron chi connectivity index (χ4n) is 1.37. The Morgan fingerprint density at radius 3 is 2.65 bits per heavy atom. The van der Waals surface area contributed by atoms with Crippen LogP contribution in [0.25, 0.3) is 0 Å². The van der Waals surface area contributed by atoms with Crippen LogP contribution in [0.1, 0.15) is 13.3 Å². The van der Waals surface area contributed by atoms with E-state index in [1.165, 1.54) is 26.2 Å². The third kappa shape index (κ3) is 3.20. The maximum atomic E-state index is 12.0. The van der Waals surface area contributed by atoms with Gasteiger partial charge in [0.1, 0.15) is 5.75 Å². The molecular formula is C11H14O5S. The second-order valence-corrected chi connectivity index (χ2v) is 6.00. The molecule has 0 saturated heterocycles. The Kier molecular flexibility index (Phi) is 4.11. The molecule has 0 radical (unpaired) electrons. The molecular weight excluding hydrogens is 244 g/mol. The Labute approximate surface area is 100.0 Å². The third-order valence-corrected chi connectivity index (χ3v) is 4.50. The van der Waals surface area contributed by atoms with Crippen LogP contribution < -0.4 is 4.74 Å². The first-order valence-corrected chi connectivity index (χ1v) is 6.52. The fourth-order valence-corrected chi connectivity index (χ4v) is 2.74. The number of carboxylic acids is 1. The molecule has 1 unspecified atom stereocenters. The highest BCUT2D eigenvalue weighted by Crippen LogP contribution is 2.22. The van der Waals surface area contributed by atoms with Gasteiger partial charge in [0.2, 0.25) is 0 Å². The molecule has 0 heterocycles. The zero-order valence-electron chi connectivity index (χ0n) is 9.58. The first-order valence-electron chi connectivity index (χ1n) is 4.97. The van der Waals surface area contributed by atoms with Crippen LogP contribution in [0.3, 0.4) is 0 Å². The van der Waals surface area contributed by atoms with Crippen LogP contribution in [-0.2, 0) is 14.6 Å². The molecule has 1 aromatic carbocycles. The van der Waals surface area contributed by atoms with Crippen LogP contribution >= 0.6 is 0 Å². The van der Waals surface area contributed by atoms with Gasteiger partial charge in [0, 0.05) is 0 Å². The normalized spacial score (nSPS) is 13.1. The highest BCUT2D eigenvalue weighted by atomic mass is 32.2. The van der Waals surface area contributed by atoms with Gasteiger partial charge in [-0.05, 0) is 25.1 Å². The number of hydrogen-bond donors (Lipinski definition) is 1. The molecule has 1 aromatic rings. The summed E-state index contributed by atoms with van der Waals surface area (Å²) in [7, 11) is -2.19. The Balaban J connectivity index is 3.08. The molecule has 0 saturated carbocycles. The zero-order valence-corrected chi connectivity index (χ0v) is 10.4. The van der Waals surface area contributed by atoms with Crippen molar-refractivity contribution in [3.05, 3.63) is 24.3 Å². The van der Waals surface area contributed by atoms with Gasteiger partial charge in [0.25, 0.3) is 0 Å². The average Bonchev–Trinajstić information content (AvgIpc) is 2.28. The molecule has 1 N–H and O–H groups in total. The third-order valence-electron chi connectivity index (χ3n) is 2.36. The maximum Gasteiger partial charge on any atom is 0.304 e. The number of hydrogen-bond acceptors (Lipinski definition) is 4. The van der Waals surface area contributed by atoms with E-state index in [2.05, 4.69) is 0 Å². The van der Waals surface area contributed by atoms with Crippen LogP contribution in [-0.4, -0.2) is 31.9 Å². The molecule has 0 amide bonds. The van der Waals surface area contributed by atoms with Crippen molar-refractivity contribution in [2.45, 2.75) is 23.5 Å². The van der Waals surface area contributed by atoms with Crippen molar-refractivity contribution < 1.29 is 23.1 Å². The van der Waals surface area contributed by atoms with Gasteiger partial charge in [-0.3, -0.25) is 4.79 Å². The van der Waals surface area contributed by atoms with Crippen LogP contribution in [0.15, 0.2) is 29.2 Å². The molecule has 0 aliphatic rings. The monoisotopic (exact) mass is 258 g/mol. The highest BCUT2D eigenvalue weighted by Gasteiger charge is 2.25. The van der Waals surface area contributed by atoms with E-state index in [-0.39, 0.29) is 4.90 Å². The van der Waals surface area contributed by atoms with Gasteiger partial charge < -0.3 is 9.84 Å². The minimum absolute atomic E-state index is 0.0746. The fraction of sp³-hybridized carbons (Fsp3) is 0.364. The predicted molar refractivity (Wildman–Crippen MR) is 61.9 cm³/mol. The Bertz CT molecular complexity index is 506. The number of aliphatic carboxylic acids is 1. The molecule has 0 spiro atoms. The molecule has 0 fully saturated rings. The molecule has 6 heteroatoms. The topological polar surface area (TPSA) is 80.7 Å². The standard InChI is InChI=1S/C11H14O5S/c1-8(6-11(12)13)17(14,15)10-5-3-4-9(7-10)16-2/h3-5,7-8H,6H2,1-2H3,(H,12,13). The number of methoxy groups -OCH3 is 1. The van der Waals surface area contributed by atoms with Gasteiger partial charge in [0.05, 0.1) is 23.7 Å². The van der Waals surface area contributed by atoms with E-state index in [0.717, 1.165) is 0 Å². The van der Waals surface area contributed by atoms with E-state index < -0.39 is 27.5 Å². The second kappa shape index (κ2) is 5.18. The molecule has 17 heavy (non-hydrogen) atoms. The van der Waals surface area contributed by atoms with Crippen LogP contribution in [0.2, 0.25) is 0 Å². The molecule has 94 valence electrons. The number of ether oxygens (including phenoxy) is 1. The van der Waals surface area contributed by atoms with E-state index in [9.17, 15) is 13.2 Å². The molecule has 5 nitrogen and oxygen atoms in total. The summed E-state index contributed by atoms with van der Waals surface area (Å²) < 4.78 is 29.0. The minimum Gasteiger partial charge on any atom is -0.497 e. The van der Waals surface area contributed by atoms with E-state index in [1.807, 2.05) is 0 Å². The Hall–Kier alpha value is -1.56. The highest BCUT2D eigenvalue weighted by molar-refractivity contribution is 7.92. The quantitative estimate of drug-likeness (QED) is 0.861. The van der Waals surface area contributed by atoms with Crippen LogP contribution in [0, 0.1) is 0 Å². The van der Waals surface area contributed by atoms with E-state index in [4.69, 9.17) is 9.84 Å². The summed E-state index contributed by atoms with van der Waals surface area (Å²) in [4.78, 5) is 10.6. The molecule has 1 atom stereocenters.